The van der Waals surface area contributed by atoms with Crippen molar-refractivity contribution in [2.45, 2.75) is 137 Å². The molecule has 0 amide bonds. The highest BCUT2D eigenvalue weighted by atomic mass is 19.1. The van der Waals surface area contributed by atoms with Gasteiger partial charge >= 0.3 is 0 Å². The standard InChI is InChI=1S/C30H51FO2/c1-19(10-9-15-26(2,3)33)20-13-16-30(8)22-11-12-24-27(4,5)25(32)23(31)18-28(24,6)21(22)14-17-29(20,30)7/h19-20,23-25,32-33H,9-18H2,1-8H3/t19-,20-,23-,24+,25+,28-,29-,30+/m1/s1. The number of fused-ring (bicyclic) bond motifs is 4. The molecule has 0 spiro atoms. The molecule has 3 heteroatoms. The molecular formula is C30H51FO2. The first-order chi connectivity index (χ1) is 15.1. The largest absolute Gasteiger partial charge is 0.390 e. The highest BCUT2D eigenvalue weighted by molar-refractivity contribution is 5.39. The van der Waals surface area contributed by atoms with Gasteiger partial charge in [0.05, 0.1) is 11.7 Å². The lowest BCUT2D eigenvalue weighted by atomic mass is 9.43. The fourth-order valence-electron chi connectivity index (χ4n) is 9.78. The Hall–Kier alpha value is -0.410. The maximum absolute atomic E-state index is 15.2. The summed E-state index contributed by atoms with van der Waals surface area (Å²) < 4.78 is 15.2. The fraction of sp³-hybridized carbons (Fsp3) is 0.933. The molecule has 2 N–H and O–H groups in total. The third-order valence-electron chi connectivity index (χ3n) is 11.9. The molecule has 0 saturated heterocycles. The van der Waals surface area contributed by atoms with E-state index in [-0.39, 0.29) is 16.2 Å². The minimum Gasteiger partial charge on any atom is -0.390 e. The average molecular weight is 463 g/mol. The van der Waals surface area contributed by atoms with Gasteiger partial charge in [-0.2, -0.15) is 0 Å². The van der Waals surface area contributed by atoms with Crippen molar-refractivity contribution in [3.8, 4) is 0 Å². The van der Waals surface area contributed by atoms with Gasteiger partial charge in [-0.25, -0.2) is 4.39 Å². The summed E-state index contributed by atoms with van der Waals surface area (Å²) in [6.45, 7) is 18.0. The Kier molecular flexibility index (Phi) is 6.26. The first kappa shape index (κ1) is 25.7. The lowest BCUT2D eigenvalue weighted by Gasteiger charge is -2.62. The van der Waals surface area contributed by atoms with Crippen LogP contribution in [0.15, 0.2) is 11.1 Å². The second kappa shape index (κ2) is 8.05. The van der Waals surface area contributed by atoms with Crippen molar-refractivity contribution in [3.63, 3.8) is 0 Å². The van der Waals surface area contributed by atoms with Crippen molar-refractivity contribution in [1.29, 1.82) is 0 Å². The maximum Gasteiger partial charge on any atom is 0.127 e. The van der Waals surface area contributed by atoms with Crippen LogP contribution >= 0.6 is 0 Å². The molecule has 4 aliphatic carbocycles. The molecule has 0 radical (unpaired) electrons. The van der Waals surface area contributed by atoms with Crippen molar-refractivity contribution < 1.29 is 14.6 Å². The summed E-state index contributed by atoms with van der Waals surface area (Å²) in [6.07, 6.45) is 8.79. The molecule has 4 aliphatic rings. The first-order valence-corrected chi connectivity index (χ1v) is 13.9. The van der Waals surface area contributed by atoms with E-state index in [1.165, 1.54) is 25.7 Å². The quantitative estimate of drug-likeness (QED) is 0.412. The van der Waals surface area contributed by atoms with Crippen molar-refractivity contribution in [1.82, 2.24) is 0 Å². The predicted octanol–water partition coefficient (Wildman–Crippen LogP) is 7.62. The number of hydrogen-bond donors (Lipinski definition) is 2. The smallest absolute Gasteiger partial charge is 0.127 e. The zero-order chi connectivity index (χ0) is 24.6. The van der Waals surface area contributed by atoms with Crippen molar-refractivity contribution in [2.24, 2.45) is 39.4 Å². The number of hydrogen-bond acceptors (Lipinski definition) is 2. The monoisotopic (exact) mass is 462 g/mol. The average Bonchev–Trinajstić information content (AvgIpc) is 2.97. The number of allylic oxidation sites excluding steroid dienone is 2. The molecular weight excluding hydrogens is 411 g/mol. The second-order valence-electron chi connectivity index (χ2n) is 14.5. The van der Waals surface area contributed by atoms with Crippen molar-refractivity contribution >= 4 is 0 Å². The van der Waals surface area contributed by atoms with Gasteiger partial charge in [0.1, 0.15) is 6.17 Å². The summed E-state index contributed by atoms with van der Waals surface area (Å²) >= 11 is 0. The van der Waals surface area contributed by atoms with Gasteiger partial charge in [-0.1, -0.05) is 65.5 Å². The molecule has 33 heavy (non-hydrogen) atoms. The Labute approximate surface area is 202 Å². The molecule has 0 aromatic heterocycles. The summed E-state index contributed by atoms with van der Waals surface area (Å²) in [6, 6.07) is 0. The number of rotatable bonds is 5. The number of aliphatic hydroxyl groups is 2. The van der Waals surface area contributed by atoms with Crippen LogP contribution in [0, 0.1) is 39.4 Å². The summed E-state index contributed by atoms with van der Waals surface area (Å²) in [4.78, 5) is 0. The van der Waals surface area contributed by atoms with Gasteiger partial charge in [-0.15, -0.1) is 0 Å². The molecule has 2 fully saturated rings. The third kappa shape index (κ3) is 3.78. The second-order valence-corrected chi connectivity index (χ2v) is 14.5. The van der Waals surface area contributed by atoms with Crippen LogP contribution in [-0.4, -0.2) is 28.1 Å². The van der Waals surface area contributed by atoms with E-state index in [2.05, 4.69) is 41.5 Å². The van der Waals surface area contributed by atoms with E-state index in [1.54, 1.807) is 11.1 Å². The van der Waals surface area contributed by atoms with E-state index in [4.69, 9.17) is 0 Å². The fourth-order valence-corrected chi connectivity index (χ4v) is 9.78. The zero-order valence-corrected chi connectivity index (χ0v) is 22.7. The molecule has 8 atom stereocenters. The number of alkyl halides is 1. The van der Waals surface area contributed by atoms with Crippen LogP contribution in [0.1, 0.15) is 120 Å². The summed E-state index contributed by atoms with van der Waals surface area (Å²) in [5.41, 5.74) is 2.73. The molecule has 190 valence electrons. The van der Waals surface area contributed by atoms with Gasteiger partial charge in [0.25, 0.3) is 0 Å². The zero-order valence-electron chi connectivity index (χ0n) is 22.7. The van der Waals surface area contributed by atoms with Gasteiger partial charge in [0.2, 0.25) is 0 Å². The Morgan fingerprint density at radius 3 is 2.33 bits per heavy atom. The normalized spacial score (nSPS) is 45.9. The van der Waals surface area contributed by atoms with E-state index < -0.39 is 17.9 Å². The van der Waals surface area contributed by atoms with Crippen molar-refractivity contribution in [3.05, 3.63) is 11.1 Å². The van der Waals surface area contributed by atoms with Gasteiger partial charge in [-0.3, -0.25) is 0 Å². The topological polar surface area (TPSA) is 40.5 Å². The molecule has 0 bridgehead atoms. The molecule has 0 heterocycles. The van der Waals surface area contributed by atoms with Gasteiger partial charge in [0.15, 0.2) is 0 Å². The molecule has 0 aliphatic heterocycles. The predicted molar refractivity (Wildman–Crippen MR) is 135 cm³/mol. The molecule has 0 aromatic rings. The first-order valence-electron chi connectivity index (χ1n) is 13.9. The minimum atomic E-state index is -1.12. The Morgan fingerprint density at radius 1 is 1.03 bits per heavy atom. The molecule has 0 unspecified atom stereocenters. The van der Waals surface area contributed by atoms with E-state index in [1.807, 2.05) is 13.8 Å². The van der Waals surface area contributed by atoms with Crippen molar-refractivity contribution in [2.75, 3.05) is 0 Å². The number of aliphatic hydroxyl groups excluding tert-OH is 1. The Bertz CT molecular complexity index is 794. The Balaban J connectivity index is 1.62. The van der Waals surface area contributed by atoms with Crippen LogP contribution < -0.4 is 0 Å². The number of halogens is 1. The van der Waals surface area contributed by atoms with Gasteiger partial charge < -0.3 is 10.2 Å². The van der Waals surface area contributed by atoms with E-state index in [0.29, 0.717) is 23.7 Å². The van der Waals surface area contributed by atoms with E-state index in [0.717, 1.165) is 38.0 Å². The maximum atomic E-state index is 15.2. The van der Waals surface area contributed by atoms with E-state index in [9.17, 15) is 10.2 Å². The van der Waals surface area contributed by atoms with Crippen LogP contribution in [0.4, 0.5) is 4.39 Å². The van der Waals surface area contributed by atoms with Crippen LogP contribution in [0.5, 0.6) is 0 Å². The molecule has 2 saturated carbocycles. The lowest BCUT2D eigenvalue weighted by Crippen LogP contribution is -2.58. The molecule has 4 rings (SSSR count). The summed E-state index contributed by atoms with van der Waals surface area (Å²) in [5.74, 6) is 1.76. The van der Waals surface area contributed by atoms with Crippen LogP contribution in [0.3, 0.4) is 0 Å². The SMILES string of the molecule is C[C@H](CCCC(C)(C)O)[C@H]1CC[C@@]2(C)C3=C(CC[C@]12C)[C@@]1(C)C[C@@H](F)[C@H](O)C(C)(C)[C@@H]1CC3. The van der Waals surface area contributed by atoms with Crippen LogP contribution in [-0.2, 0) is 0 Å². The van der Waals surface area contributed by atoms with Crippen LogP contribution in [0.2, 0.25) is 0 Å². The third-order valence-corrected chi connectivity index (χ3v) is 11.9. The van der Waals surface area contributed by atoms with Gasteiger partial charge in [-0.05, 0) is 105 Å². The minimum absolute atomic E-state index is 0.115. The molecule has 0 aromatic carbocycles. The Morgan fingerprint density at radius 2 is 1.70 bits per heavy atom. The highest BCUT2D eigenvalue weighted by Crippen LogP contribution is 2.72. The van der Waals surface area contributed by atoms with Gasteiger partial charge in [0, 0.05) is 0 Å². The molecule has 2 nitrogen and oxygen atoms in total. The van der Waals surface area contributed by atoms with E-state index >= 15 is 4.39 Å². The van der Waals surface area contributed by atoms with Crippen LogP contribution in [0.25, 0.3) is 0 Å². The summed E-state index contributed by atoms with van der Waals surface area (Å²) in [5, 5.41) is 20.9. The summed E-state index contributed by atoms with van der Waals surface area (Å²) in [7, 11) is 0. The lowest BCUT2D eigenvalue weighted by molar-refractivity contribution is -0.135. The highest BCUT2D eigenvalue weighted by Gasteiger charge is 2.64.